The Balaban J connectivity index is 2.14. The molecule has 0 spiro atoms. The zero-order valence-corrected chi connectivity index (χ0v) is 15.7. The van der Waals surface area contributed by atoms with E-state index in [2.05, 4.69) is 5.32 Å². The molecule has 1 atom stereocenters. The molecular formula is C21H25NO4. The maximum absolute atomic E-state index is 12.6. The van der Waals surface area contributed by atoms with E-state index in [9.17, 15) is 9.59 Å². The fraction of sp³-hybridized carbons (Fsp3) is 0.333. The molecule has 2 aromatic rings. The Morgan fingerprint density at radius 2 is 1.77 bits per heavy atom. The van der Waals surface area contributed by atoms with Crippen molar-refractivity contribution in [3.63, 3.8) is 0 Å². The summed E-state index contributed by atoms with van der Waals surface area (Å²) in [5.74, 6) is -0.122. The van der Waals surface area contributed by atoms with E-state index in [1.807, 2.05) is 39.0 Å². The number of carbonyl (C=O) groups excluding carboxylic acids is 2. The molecule has 1 amide bonds. The fourth-order valence-electron chi connectivity index (χ4n) is 2.47. The van der Waals surface area contributed by atoms with Crippen molar-refractivity contribution in [3.05, 3.63) is 59.2 Å². The zero-order chi connectivity index (χ0) is 19.1. The number of esters is 1. The molecule has 26 heavy (non-hydrogen) atoms. The molecule has 0 bridgehead atoms. The summed E-state index contributed by atoms with van der Waals surface area (Å²) in [5, 5.41) is 2.78. The molecule has 0 heterocycles. The highest BCUT2D eigenvalue weighted by molar-refractivity contribution is 6.02. The van der Waals surface area contributed by atoms with Crippen LogP contribution in [0.3, 0.4) is 0 Å². The second kappa shape index (κ2) is 9.04. The number of rotatable bonds is 7. The van der Waals surface area contributed by atoms with Gasteiger partial charge in [-0.15, -0.1) is 0 Å². The molecule has 138 valence electrons. The van der Waals surface area contributed by atoms with Crippen LogP contribution in [0, 0.1) is 13.8 Å². The molecule has 1 N–H and O–H groups in total. The predicted octanol–water partition coefficient (Wildman–Crippen LogP) is 4.28. The molecule has 5 heteroatoms. The van der Waals surface area contributed by atoms with E-state index in [-0.39, 0.29) is 12.5 Å². The summed E-state index contributed by atoms with van der Waals surface area (Å²) >= 11 is 0. The Labute approximate surface area is 154 Å². The summed E-state index contributed by atoms with van der Waals surface area (Å²) in [6.07, 6.45) is -0.160. The first-order valence-corrected chi connectivity index (χ1v) is 8.77. The van der Waals surface area contributed by atoms with Crippen LogP contribution in [0.25, 0.3) is 0 Å². The van der Waals surface area contributed by atoms with Crippen LogP contribution < -0.4 is 10.1 Å². The monoisotopic (exact) mass is 355 g/mol. The quantitative estimate of drug-likeness (QED) is 0.753. The summed E-state index contributed by atoms with van der Waals surface area (Å²) in [7, 11) is 0. The van der Waals surface area contributed by atoms with Gasteiger partial charge in [-0.1, -0.05) is 25.1 Å². The standard InChI is InChI=1S/C21H25NO4/c1-5-19(26-16-12-11-14(3)15(4)13-16)20(23)22-18-10-8-7-9-17(18)21(24)25-6-2/h7-13,19H,5-6H2,1-4H3,(H,22,23). The summed E-state index contributed by atoms with van der Waals surface area (Å²) in [6.45, 7) is 7.91. The molecule has 0 aliphatic rings. The third-order valence-corrected chi connectivity index (χ3v) is 4.10. The first-order chi connectivity index (χ1) is 12.5. The highest BCUT2D eigenvalue weighted by atomic mass is 16.5. The van der Waals surface area contributed by atoms with Gasteiger partial charge in [0.2, 0.25) is 0 Å². The molecule has 0 aromatic heterocycles. The van der Waals surface area contributed by atoms with E-state index in [4.69, 9.17) is 9.47 Å². The topological polar surface area (TPSA) is 64.6 Å². The van der Waals surface area contributed by atoms with Crippen molar-refractivity contribution in [2.75, 3.05) is 11.9 Å². The van der Waals surface area contributed by atoms with Crippen molar-refractivity contribution in [1.82, 2.24) is 0 Å². The van der Waals surface area contributed by atoms with Crippen LogP contribution >= 0.6 is 0 Å². The van der Waals surface area contributed by atoms with Gasteiger partial charge >= 0.3 is 5.97 Å². The number of benzene rings is 2. The number of aryl methyl sites for hydroxylation is 2. The number of carbonyl (C=O) groups is 2. The third kappa shape index (κ3) is 4.85. The lowest BCUT2D eigenvalue weighted by molar-refractivity contribution is -0.122. The van der Waals surface area contributed by atoms with Gasteiger partial charge in [0, 0.05) is 0 Å². The maximum atomic E-state index is 12.6. The Morgan fingerprint density at radius 3 is 2.42 bits per heavy atom. The first-order valence-electron chi connectivity index (χ1n) is 8.77. The second-order valence-electron chi connectivity index (χ2n) is 6.02. The van der Waals surface area contributed by atoms with Gasteiger partial charge in [-0.25, -0.2) is 4.79 Å². The van der Waals surface area contributed by atoms with Crippen LogP contribution in [0.1, 0.15) is 41.8 Å². The highest BCUT2D eigenvalue weighted by Gasteiger charge is 2.21. The SMILES string of the molecule is CCOC(=O)c1ccccc1NC(=O)C(CC)Oc1ccc(C)c(C)c1. The van der Waals surface area contributed by atoms with E-state index in [0.29, 0.717) is 23.4 Å². The average Bonchev–Trinajstić information content (AvgIpc) is 2.63. The number of ether oxygens (including phenoxy) is 2. The zero-order valence-electron chi connectivity index (χ0n) is 15.7. The van der Waals surface area contributed by atoms with Crippen LogP contribution in [0.5, 0.6) is 5.75 Å². The molecule has 0 aliphatic heterocycles. The van der Waals surface area contributed by atoms with Gasteiger partial charge in [0.05, 0.1) is 17.9 Å². The van der Waals surface area contributed by atoms with Crippen LogP contribution in [0.4, 0.5) is 5.69 Å². The molecule has 0 aliphatic carbocycles. The Morgan fingerprint density at radius 1 is 1.04 bits per heavy atom. The van der Waals surface area contributed by atoms with Gasteiger partial charge in [0.25, 0.3) is 5.91 Å². The Bertz CT molecular complexity index is 785. The number of hydrogen-bond acceptors (Lipinski definition) is 4. The van der Waals surface area contributed by atoms with Crippen molar-refractivity contribution in [2.45, 2.75) is 40.2 Å². The molecule has 1 unspecified atom stereocenters. The lowest BCUT2D eigenvalue weighted by Gasteiger charge is -2.19. The average molecular weight is 355 g/mol. The van der Waals surface area contributed by atoms with Gasteiger partial charge in [0.15, 0.2) is 6.10 Å². The first kappa shape index (κ1) is 19.5. The Hall–Kier alpha value is -2.82. The summed E-state index contributed by atoms with van der Waals surface area (Å²) in [6, 6.07) is 12.5. The van der Waals surface area contributed by atoms with Crippen molar-refractivity contribution in [3.8, 4) is 5.75 Å². The smallest absolute Gasteiger partial charge is 0.340 e. The molecule has 2 aromatic carbocycles. The van der Waals surface area contributed by atoms with Gasteiger partial charge in [0.1, 0.15) is 5.75 Å². The van der Waals surface area contributed by atoms with Crippen LogP contribution in [0.15, 0.2) is 42.5 Å². The minimum absolute atomic E-state index is 0.272. The van der Waals surface area contributed by atoms with Crippen molar-refractivity contribution in [1.29, 1.82) is 0 Å². The molecule has 0 radical (unpaired) electrons. The highest BCUT2D eigenvalue weighted by Crippen LogP contribution is 2.21. The van der Waals surface area contributed by atoms with E-state index < -0.39 is 12.1 Å². The van der Waals surface area contributed by atoms with Crippen molar-refractivity contribution < 1.29 is 19.1 Å². The maximum Gasteiger partial charge on any atom is 0.340 e. The number of amides is 1. The number of anilines is 1. The minimum atomic E-state index is -0.660. The van der Waals surface area contributed by atoms with E-state index in [1.165, 1.54) is 5.56 Å². The third-order valence-electron chi connectivity index (χ3n) is 4.10. The molecule has 0 fully saturated rings. The molecule has 2 rings (SSSR count). The number of hydrogen-bond donors (Lipinski definition) is 1. The van der Waals surface area contributed by atoms with E-state index in [1.54, 1.807) is 31.2 Å². The number of para-hydroxylation sites is 1. The lowest BCUT2D eigenvalue weighted by atomic mass is 10.1. The summed E-state index contributed by atoms with van der Waals surface area (Å²) < 4.78 is 10.9. The largest absolute Gasteiger partial charge is 0.481 e. The summed E-state index contributed by atoms with van der Waals surface area (Å²) in [4.78, 5) is 24.7. The van der Waals surface area contributed by atoms with Gasteiger partial charge in [-0.2, -0.15) is 0 Å². The van der Waals surface area contributed by atoms with Gasteiger partial charge < -0.3 is 14.8 Å². The van der Waals surface area contributed by atoms with Crippen LogP contribution in [-0.2, 0) is 9.53 Å². The molecule has 0 saturated carbocycles. The van der Waals surface area contributed by atoms with Gasteiger partial charge in [-0.3, -0.25) is 4.79 Å². The molecule has 0 saturated heterocycles. The lowest BCUT2D eigenvalue weighted by Crippen LogP contribution is -2.33. The second-order valence-corrected chi connectivity index (χ2v) is 6.02. The number of nitrogens with one attached hydrogen (secondary N) is 1. The molecular weight excluding hydrogens is 330 g/mol. The normalized spacial score (nSPS) is 11.5. The van der Waals surface area contributed by atoms with Crippen LogP contribution in [-0.4, -0.2) is 24.6 Å². The molecule has 5 nitrogen and oxygen atoms in total. The predicted molar refractivity (Wildman–Crippen MR) is 102 cm³/mol. The van der Waals surface area contributed by atoms with Crippen molar-refractivity contribution in [2.24, 2.45) is 0 Å². The van der Waals surface area contributed by atoms with E-state index >= 15 is 0 Å². The minimum Gasteiger partial charge on any atom is -0.481 e. The summed E-state index contributed by atoms with van der Waals surface area (Å²) in [5.41, 5.74) is 3.01. The van der Waals surface area contributed by atoms with Crippen LogP contribution in [0.2, 0.25) is 0 Å². The fourth-order valence-corrected chi connectivity index (χ4v) is 2.47. The van der Waals surface area contributed by atoms with E-state index in [0.717, 1.165) is 5.56 Å². The van der Waals surface area contributed by atoms with Gasteiger partial charge in [-0.05, 0) is 62.6 Å². The Kier molecular flexibility index (Phi) is 6.78. The van der Waals surface area contributed by atoms with Crippen molar-refractivity contribution >= 4 is 17.6 Å².